The Bertz CT molecular complexity index is 182. The van der Waals surface area contributed by atoms with Gasteiger partial charge in [-0.3, -0.25) is 4.79 Å². The molecule has 1 fully saturated rings. The number of hydrogen-bond donors (Lipinski definition) is 2. The number of hydrogen-bond acceptors (Lipinski definition) is 3. The van der Waals surface area contributed by atoms with Gasteiger partial charge in [-0.15, -0.1) is 0 Å². The highest BCUT2D eigenvalue weighted by atomic mass is 16.5. The molecule has 0 aromatic carbocycles. The molecule has 1 aliphatic rings. The van der Waals surface area contributed by atoms with Crippen LogP contribution in [0.3, 0.4) is 0 Å². The molecule has 1 saturated heterocycles. The van der Waals surface area contributed by atoms with E-state index >= 15 is 0 Å². The number of carbonyl (C=O) groups excluding carboxylic acids is 1. The van der Waals surface area contributed by atoms with Gasteiger partial charge >= 0.3 is 0 Å². The van der Waals surface area contributed by atoms with Gasteiger partial charge in [-0.1, -0.05) is 6.92 Å². The van der Waals surface area contributed by atoms with E-state index in [0.29, 0.717) is 19.1 Å². The highest BCUT2D eigenvalue weighted by molar-refractivity contribution is 5.81. The fourth-order valence-corrected chi connectivity index (χ4v) is 1.39. The first-order valence-corrected chi connectivity index (χ1v) is 4.76. The highest BCUT2D eigenvalue weighted by Crippen LogP contribution is 2.19. The fraction of sp³-hybridized carbons (Fsp3) is 0.889. The normalized spacial score (nSPS) is 30.1. The minimum Gasteiger partial charge on any atom is -0.368 e. The van der Waals surface area contributed by atoms with E-state index in [1.807, 2.05) is 13.8 Å². The first-order chi connectivity index (χ1) is 6.11. The minimum absolute atomic E-state index is 0.000610. The summed E-state index contributed by atoms with van der Waals surface area (Å²) in [7, 11) is 0. The second-order valence-electron chi connectivity index (χ2n) is 3.78. The maximum Gasteiger partial charge on any atom is 0.249 e. The van der Waals surface area contributed by atoms with Crippen LogP contribution in [0.15, 0.2) is 0 Å². The SMILES string of the molecule is CC(N)CNC(=O)C1OCCC1C. The summed E-state index contributed by atoms with van der Waals surface area (Å²) in [5.74, 6) is 0.301. The van der Waals surface area contributed by atoms with Crippen molar-refractivity contribution in [2.75, 3.05) is 13.2 Å². The van der Waals surface area contributed by atoms with Gasteiger partial charge in [0.05, 0.1) is 0 Å². The minimum atomic E-state index is -0.265. The molecule has 0 aliphatic carbocycles. The Labute approximate surface area is 78.8 Å². The summed E-state index contributed by atoms with van der Waals surface area (Å²) in [6, 6.07) is 0.000610. The van der Waals surface area contributed by atoms with Crippen LogP contribution in [0.5, 0.6) is 0 Å². The van der Waals surface area contributed by atoms with Gasteiger partial charge in [0.25, 0.3) is 0 Å². The third kappa shape index (κ3) is 2.97. The second kappa shape index (κ2) is 4.58. The molecule has 1 rings (SSSR count). The van der Waals surface area contributed by atoms with Gasteiger partial charge in [0, 0.05) is 19.2 Å². The van der Waals surface area contributed by atoms with Gasteiger partial charge < -0.3 is 15.8 Å². The smallest absolute Gasteiger partial charge is 0.249 e. The summed E-state index contributed by atoms with van der Waals surface area (Å²) in [4.78, 5) is 11.5. The number of nitrogens with two attached hydrogens (primary N) is 1. The van der Waals surface area contributed by atoms with Crippen molar-refractivity contribution in [3.8, 4) is 0 Å². The lowest BCUT2D eigenvalue weighted by molar-refractivity contribution is -0.131. The molecule has 3 unspecified atom stereocenters. The van der Waals surface area contributed by atoms with E-state index in [9.17, 15) is 4.79 Å². The van der Waals surface area contributed by atoms with Crippen LogP contribution in [0.2, 0.25) is 0 Å². The predicted molar refractivity (Wildman–Crippen MR) is 50.2 cm³/mol. The maximum absolute atomic E-state index is 11.5. The van der Waals surface area contributed by atoms with Crippen LogP contribution in [0.4, 0.5) is 0 Å². The Hall–Kier alpha value is -0.610. The third-order valence-corrected chi connectivity index (χ3v) is 2.24. The van der Waals surface area contributed by atoms with E-state index in [2.05, 4.69) is 5.32 Å². The van der Waals surface area contributed by atoms with Crippen molar-refractivity contribution in [3.05, 3.63) is 0 Å². The van der Waals surface area contributed by atoms with E-state index in [1.54, 1.807) is 0 Å². The number of nitrogens with one attached hydrogen (secondary N) is 1. The van der Waals surface area contributed by atoms with Crippen LogP contribution in [0, 0.1) is 5.92 Å². The van der Waals surface area contributed by atoms with Crippen LogP contribution in [0.25, 0.3) is 0 Å². The lowest BCUT2D eigenvalue weighted by atomic mass is 10.0. The Balaban J connectivity index is 2.30. The van der Waals surface area contributed by atoms with Gasteiger partial charge in [0.15, 0.2) is 0 Å². The van der Waals surface area contributed by atoms with Crippen molar-refractivity contribution >= 4 is 5.91 Å². The molecule has 0 radical (unpaired) electrons. The van der Waals surface area contributed by atoms with Gasteiger partial charge in [-0.05, 0) is 19.3 Å². The molecular formula is C9H18N2O2. The first kappa shape index (κ1) is 10.5. The molecule has 3 atom stereocenters. The second-order valence-corrected chi connectivity index (χ2v) is 3.78. The molecule has 0 aromatic rings. The van der Waals surface area contributed by atoms with Gasteiger partial charge in [0.1, 0.15) is 6.10 Å². The molecular weight excluding hydrogens is 168 g/mol. The molecule has 0 spiro atoms. The van der Waals surface area contributed by atoms with Crippen molar-refractivity contribution in [2.45, 2.75) is 32.4 Å². The summed E-state index contributed by atoms with van der Waals surface area (Å²) >= 11 is 0. The van der Waals surface area contributed by atoms with Gasteiger partial charge in [-0.2, -0.15) is 0 Å². The van der Waals surface area contributed by atoms with Crippen LogP contribution >= 0.6 is 0 Å². The quantitative estimate of drug-likeness (QED) is 0.645. The Morgan fingerprint density at radius 1 is 1.77 bits per heavy atom. The third-order valence-electron chi connectivity index (χ3n) is 2.24. The number of amides is 1. The van der Waals surface area contributed by atoms with Crippen LogP contribution in [0.1, 0.15) is 20.3 Å². The molecule has 4 heteroatoms. The van der Waals surface area contributed by atoms with Crippen molar-refractivity contribution in [3.63, 3.8) is 0 Å². The fourth-order valence-electron chi connectivity index (χ4n) is 1.39. The zero-order chi connectivity index (χ0) is 9.84. The summed E-state index contributed by atoms with van der Waals surface area (Å²) in [6.07, 6.45) is 0.703. The molecule has 3 N–H and O–H groups in total. The number of carbonyl (C=O) groups is 1. The van der Waals surface area contributed by atoms with E-state index in [1.165, 1.54) is 0 Å². The largest absolute Gasteiger partial charge is 0.368 e. The van der Waals surface area contributed by atoms with Crippen molar-refractivity contribution in [2.24, 2.45) is 11.7 Å². The van der Waals surface area contributed by atoms with E-state index in [0.717, 1.165) is 6.42 Å². The molecule has 0 aromatic heterocycles. The summed E-state index contributed by atoms with van der Waals surface area (Å²) in [6.45, 7) is 5.10. The van der Waals surface area contributed by atoms with Crippen molar-refractivity contribution < 1.29 is 9.53 Å². The molecule has 4 nitrogen and oxygen atoms in total. The molecule has 1 aliphatic heterocycles. The molecule has 0 bridgehead atoms. The van der Waals surface area contributed by atoms with Gasteiger partial charge in [0.2, 0.25) is 5.91 Å². The summed E-state index contributed by atoms with van der Waals surface area (Å²) in [5.41, 5.74) is 5.52. The monoisotopic (exact) mass is 186 g/mol. The standard InChI is InChI=1S/C9H18N2O2/c1-6-3-4-13-8(6)9(12)11-5-7(2)10/h6-8H,3-5,10H2,1-2H3,(H,11,12). The lowest BCUT2D eigenvalue weighted by Crippen LogP contribution is -2.42. The first-order valence-electron chi connectivity index (χ1n) is 4.76. The summed E-state index contributed by atoms with van der Waals surface area (Å²) < 4.78 is 5.31. The number of rotatable bonds is 3. The maximum atomic E-state index is 11.5. The highest BCUT2D eigenvalue weighted by Gasteiger charge is 2.30. The van der Waals surface area contributed by atoms with Crippen LogP contribution in [-0.2, 0) is 9.53 Å². The number of ether oxygens (including phenoxy) is 1. The summed E-state index contributed by atoms with van der Waals surface area (Å²) in [5, 5.41) is 2.77. The van der Waals surface area contributed by atoms with E-state index in [-0.39, 0.29) is 18.1 Å². The Morgan fingerprint density at radius 3 is 2.92 bits per heavy atom. The molecule has 0 saturated carbocycles. The Morgan fingerprint density at radius 2 is 2.46 bits per heavy atom. The van der Waals surface area contributed by atoms with E-state index in [4.69, 9.17) is 10.5 Å². The van der Waals surface area contributed by atoms with Crippen LogP contribution < -0.4 is 11.1 Å². The van der Waals surface area contributed by atoms with Gasteiger partial charge in [-0.25, -0.2) is 0 Å². The zero-order valence-corrected chi connectivity index (χ0v) is 8.25. The molecule has 1 heterocycles. The average Bonchev–Trinajstić information content (AvgIpc) is 2.47. The molecule has 76 valence electrons. The topological polar surface area (TPSA) is 64.3 Å². The predicted octanol–water partition coefficient (Wildman–Crippen LogP) is -0.125. The van der Waals surface area contributed by atoms with Crippen LogP contribution in [-0.4, -0.2) is 31.2 Å². The Kier molecular flexibility index (Phi) is 3.69. The van der Waals surface area contributed by atoms with Crippen molar-refractivity contribution in [1.29, 1.82) is 0 Å². The molecule has 1 amide bonds. The van der Waals surface area contributed by atoms with Crippen molar-refractivity contribution in [1.82, 2.24) is 5.32 Å². The van der Waals surface area contributed by atoms with E-state index < -0.39 is 0 Å². The zero-order valence-electron chi connectivity index (χ0n) is 8.25. The average molecular weight is 186 g/mol. The lowest BCUT2D eigenvalue weighted by Gasteiger charge is -2.15. The molecule has 13 heavy (non-hydrogen) atoms.